The highest BCUT2D eigenvalue weighted by Crippen LogP contribution is 2.66. The number of para-hydroxylation sites is 2. The number of halogens is 2. The molecule has 1 aromatic carbocycles. The molecule has 192 valence electrons. The number of nitrogens with one attached hydrogen (secondary N) is 1. The minimum absolute atomic E-state index is 0. The standard InChI is InChI=1S/C27H41N3O2.2ClH/c1-26-15-21-14-22(16-26)18-27(17-21,20-26)19-25(31)28-8-5-9-29-10-12-30(13-11-29)23-6-3-4-7-24(23)32-2;;/h3-4,6-7,21-22H,5,8-20H2,1-2H3,(H,28,31);2*1H/t21-,22+,26?,27?;;. The Morgan fingerprint density at radius 2 is 1.74 bits per heavy atom. The first-order valence-electron chi connectivity index (χ1n) is 12.8. The van der Waals surface area contributed by atoms with Crippen molar-refractivity contribution in [2.75, 3.05) is 51.3 Å². The minimum Gasteiger partial charge on any atom is -0.495 e. The summed E-state index contributed by atoms with van der Waals surface area (Å²) in [5.74, 6) is 3.04. The quantitative estimate of drug-likeness (QED) is 0.489. The van der Waals surface area contributed by atoms with Gasteiger partial charge in [0.15, 0.2) is 0 Å². The summed E-state index contributed by atoms with van der Waals surface area (Å²) in [6.07, 6.45) is 9.98. The number of benzene rings is 1. The van der Waals surface area contributed by atoms with E-state index >= 15 is 0 Å². The van der Waals surface area contributed by atoms with Gasteiger partial charge in [-0.15, -0.1) is 24.8 Å². The Balaban J connectivity index is 0.00000162. The van der Waals surface area contributed by atoms with Crippen LogP contribution in [0.1, 0.15) is 58.3 Å². The number of carbonyl (C=O) groups is 1. The van der Waals surface area contributed by atoms with Crippen LogP contribution in [-0.2, 0) is 4.79 Å². The van der Waals surface area contributed by atoms with E-state index < -0.39 is 0 Å². The smallest absolute Gasteiger partial charge is 0.220 e. The van der Waals surface area contributed by atoms with Crippen LogP contribution in [0.2, 0.25) is 0 Å². The molecular weight excluding hydrogens is 469 g/mol. The summed E-state index contributed by atoms with van der Waals surface area (Å²) in [6, 6.07) is 8.29. The Kier molecular flexibility index (Phi) is 9.08. The molecule has 4 bridgehead atoms. The molecular formula is C27H43Cl2N3O2. The van der Waals surface area contributed by atoms with E-state index in [0.29, 0.717) is 16.7 Å². The predicted octanol–water partition coefficient (Wildman–Crippen LogP) is 5.16. The van der Waals surface area contributed by atoms with Crippen molar-refractivity contribution >= 4 is 36.4 Å². The van der Waals surface area contributed by atoms with Gasteiger partial charge in [0.25, 0.3) is 0 Å². The van der Waals surface area contributed by atoms with Gasteiger partial charge >= 0.3 is 0 Å². The molecule has 0 spiro atoms. The Morgan fingerprint density at radius 3 is 2.38 bits per heavy atom. The van der Waals surface area contributed by atoms with Crippen LogP contribution in [0, 0.1) is 22.7 Å². The summed E-state index contributed by atoms with van der Waals surface area (Å²) in [5.41, 5.74) is 2.04. The first-order chi connectivity index (χ1) is 15.5. The summed E-state index contributed by atoms with van der Waals surface area (Å²) in [4.78, 5) is 17.7. The van der Waals surface area contributed by atoms with E-state index in [4.69, 9.17) is 4.74 Å². The highest BCUT2D eigenvalue weighted by molar-refractivity contribution is 5.85. The van der Waals surface area contributed by atoms with Gasteiger partial charge in [-0.05, 0) is 86.3 Å². The van der Waals surface area contributed by atoms with Crippen molar-refractivity contribution in [3.05, 3.63) is 24.3 Å². The normalized spacial score (nSPS) is 32.0. The zero-order chi connectivity index (χ0) is 22.2. The van der Waals surface area contributed by atoms with E-state index in [0.717, 1.165) is 69.7 Å². The third-order valence-corrected chi connectivity index (χ3v) is 8.78. The lowest BCUT2D eigenvalue weighted by atomic mass is 9.44. The molecule has 2 unspecified atom stereocenters. The van der Waals surface area contributed by atoms with Crippen LogP contribution >= 0.6 is 24.8 Å². The molecule has 5 fully saturated rings. The molecule has 1 aromatic rings. The van der Waals surface area contributed by atoms with Crippen molar-refractivity contribution in [1.82, 2.24) is 10.2 Å². The molecule has 4 saturated carbocycles. The highest BCUT2D eigenvalue weighted by atomic mass is 35.5. The van der Waals surface area contributed by atoms with Crippen molar-refractivity contribution in [3.8, 4) is 5.75 Å². The number of carbonyl (C=O) groups excluding carboxylic acids is 1. The molecule has 1 aliphatic heterocycles. The molecule has 5 aliphatic rings. The molecule has 1 amide bonds. The van der Waals surface area contributed by atoms with Crippen molar-refractivity contribution in [1.29, 1.82) is 0 Å². The summed E-state index contributed by atoms with van der Waals surface area (Å²) < 4.78 is 5.52. The maximum Gasteiger partial charge on any atom is 0.220 e. The van der Waals surface area contributed by atoms with E-state index in [-0.39, 0.29) is 24.8 Å². The summed E-state index contributed by atoms with van der Waals surface area (Å²) in [7, 11) is 1.74. The van der Waals surface area contributed by atoms with Gasteiger partial charge in [0.2, 0.25) is 5.91 Å². The molecule has 0 aromatic heterocycles. The maximum atomic E-state index is 12.8. The lowest BCUT2D eigenvalue weighted by Gasteiger charge is -2.61. The van der Waals surface area contributed by atoms with Gasteiger partial charge in [-0.2, -0.15) is 0 Å². The molecule has 1 N–H and O–H groups in total. The number of methoxy groups -OCH3 is 1. The fourth-order valence-electron chi connectivity index (χ4n) is 8.17. The summed E-state index contributed by atoms with van der Waals surface area (Å²) in [6.45, 7) is 8.55. The Morgan fingerprint density at radius 1 is 1.06 bits per heavy atom. The van der Waals surface area contributed by atoms with Crippen molar-refractivity contribution in [2.45, 2.75) is 58.3 Å². The van der Waals surface area contributed by atoms with Crippen LogP contribution in [0.5, 0.6) is 5.75 Å². The third kappa shape index (κ3) is 5.96. The molecule has 1 heterocycles. The van der Waals surface area contributed by atoms with Crippen LogP contribution < -0.4 is 15.0 Å². The summed E-state index contributed by atoms with van der Waals surface area (Å²) in [5, 5.41) is 3.27. The van der Waals surface area contributed by atoms with Crippen LogP contribution in [0.4, 0.5) is 5.69 Å². The summed E-state index contributed by atoms with van der Waals surface area (Å²) >= 11 is 0. The monoisotopic (exact) mass is 511 g/mol. The number of hydrogen-bond acceptors (Lipinski definition) is 4. The molecule has 1 saturated heterocycles. The molecule has 0 radical (unpaired) electrons. The molecule has 34 heavy (non-hydrogen) atoms. The lowest BCUT2D eigenvalue weighted by Crippen LogP contribution is -2.52. The topological polar surface area (TPSA) is 44.8 Å². The highest BCUT2D eigenvalue weighted by Gasteiger charge is 2.56. The zero-order valence-electron chi connectivity index (χ0n) is 20.9. The average molecular weight is 513 g/mol. The van der Waals surface area contributed by atoms with Gasteiger partial charge in [0.1, 0.15) is 5.75 Å². The average Bonchev–Trinajstić information content (AvgIpc) is 2.75. The largest absolute Gasteiger partial charge is 0.495 e. The maximum absolute atomic E-state index is 12.8. The van der Waals surface area contributed by atoms with Gasteiger partial charge in [0.05, 0.1) is 12.8 Å². The molecule has 5 nitrogen and oxygen atoms in total. The van der Waals surface area contributed by atoms with E-state index in [1.54, 1.807) is 7.11 Å². The first kappa shape index (κ1) is 27.4. The van der Waals surface area contributed by atoms with E-state index in [2.05, 4.69) is 34.2 Å². The van der Waals surface area contributed by atoms with E-state index in [9.17, 15) is 4.79 Å². The van der Waals surface area contributed by atoms with Crippen LogP contribution in [0.3, 0.4) is 0 Å². The van der Waals surface area contributed by atoms with Crippen LogP contribution in [0.15, 0.2) is 24.3 Å². The van der Waals surface area contributed by atoms with Crippen molar-refractivity contribution < 1.29 is 9.53 Å². The predicted molar refractivity (Wildman–Crippen MR) is 144 cm³/mol. The zero-order valence-corrected chi connectivity index (χ0v) is 22.5. The second-order valence-corrected chi connectivity index (χ2v) is 11.7. The van der Waals surface area contributed by atoms with Gasteiger partial charge in [-0.25, -0.2) is 0 Å². The number of anilines is 1. The number of ether oxygens (including phenoxy) is 1. The lowest BCUT2D eigenvalue weighted by molar-refractivity contribution is -0.136. The van der Waals surface area contributed by atoms with Gasteiger partial charge in [-0.3, -0.25) is 9.69 Å². The fraction of sp³-hybridized carbons (Fsp3) is 0.741. The van der Waals surface area contributed by atoms with Gasteiger partial charge in [-0.1, -0.05) is 19.1 Å². The minimum atomic E-state index is 0. The van der Waals surface area contributed by atoms with Crippen LogP contribution in [-0.4, -0.2) is 57.2 Å². The number of piperazine rings is 1. The Hall–Kier alpha value is -1.17. The van der Waals surface area contributed by atoms with Crippen molar-refractivity contribution in [3.63, 3.8) is 0 Å². The number of nitrogens with zero attached hydrogens (tertiary/aromatic N) is 2. The van der Waals surface area contributed by atoms with Gasteiger partial charge < -0.3 is 15.0 Å². The molecule has 4 aliphatic carbocycles. The third-order valence-electron chi connectivity index (χ3n) is 8.78. The van der Waals surface area contributed by atoms with Gasteiger partial charge in [0, 0.05) is 39.1 Å². The van der Waals surface area contributed by atoms with E-state index in [1.807, 2.05) is 12.1 Å². The van der Waals surface area contributed by atoms with Crippen molar-refractivity contribution in [2.24, 2.45) is 22.7 Å². The Labute approximate surface area is 218 Å². The number of rotatable bonds is 8. The SMILES string of the molecule is COc1ccccc1N1CCN(CCCNC(=O)CC23C[C@@H]4C[C@@H](CC(C)(C4)C2)C3)CC1.Cl.Cl. The molecule has 7 heteroatoms. The second kappa shape index (κ2) is 11.3. The van der Waals surface area contributed by atoms with Crippen LogP contribution in [0.25, 0.3) is 0 Å². The van der Waals surface area contributed by atoms with E-state index in [1.165, 1.54) is 44.2 Å². The fourth-order valence-corrected chi connectivity index (χ4v) is 8.17. The molecule has 6 rings (SSSR count). The Bertz CT molecular complexity index is 814. The first-order valence-corrected chi connectivity index (χ1v) is 12.8. The number of hydrogen-bond donors (Lipinski definition) is 1. The molecule has 4 atom stereocenters. The second-order valence-electron chi connectivity index (χ2n) is 11.7. The number of amides is 1.